The van der Waals surface area contributed by atoms with Crippen LogP contribution >= 0.6 is 15.9 Å². The number of rotatable bonds is 3. The molecule has 0 unspecified atom stereocenters. The smallest absolute Gasteiger partial charge is 0.159 e. The molecule has 0 amide bonds. The highest BCUT2D eigenvalue weighted by atomic mass is 79.9. The van der Waals surface area contributed by atoms with Crippen molar-refractivity contribution in [3.8, 4) is 0 Å². The summed E-state index contributed by atoms with van der Waals surface area (Å²) < 4.78 is 1.01. The lowest BCUT2D eigenvalue weighted by Gasteiger charge is -2.36. The fraction of sp³-hybridized carbons (Fsp3) is 0.500. The van der Waals surface area contributed by atoms with Crippen molar-refractivity contribution < 1.29 is 4.79 Å². The topological polar surface area (TPSA) is 23.6 Å². The Morgan fingerprint density at radius 2 is 1.94 bits per heavy atom. The van der Waals surface area contributed by atoms with Gasteiger partial charge in [0.1, 0.15) is 0 Å². The zero-order chi connectivity index (χ0) is 13.1. The zero-order valence-electron chi connectivity index (χ0n) is 10.9. The summed E-state index contributed by atoms with van der Waals surface area (Å²) in [5, 5.41) is 0. The van der Waals surface area contributed by atoms with Crippen molar-refractivity contribution in [2.24, 2.45) is 0 Å². The third-order valence-electron chi connectivity index (χ3n) is 3.51. The summed E-state index contributed by atoms with van der Waals surface area (Å²) in [6.45, 7) is 9.24. The highest BCUT2D eigenvalue weighted by Crippen LogP contribution is 2.28. The van der Waals surface area contributed by atoms with Gasteiger partial charge in [0.25, 0.3) is 0 Å². The number of benzene rings is 1. The summed E-state index contributed by atoms with van der Waals surface area (Å²) in [6, 6.07) is 5.88. The van der Waals surface area contributed by atoms with Crippen LogP contribution in [0.3, 0.4) is 0 Å². The average molecular weight is 311 g/mol. The van der Waals surface area contributed by atoms with Crippen LogP contribution in [0.4, 0.5) is 5.69 Å². The first-order valence-electron chi connectivity index (χ1n) is 6.39. The third-order valence-corrected chi connectivity index (χ3v) is 4.15. The predicted molar refractivity (Wildman–Crippen MR) is 78.5 cm³/mol. The van der Waals surface area contributed by atoms with Crippen molar-refractivity contribution in [1.29, 1.82) is 0 Å². The molecule has 1 fully saturated rings. The molecule has 98 valence electrons. The Morgan fingerprint density at radius 1 is 1.28 bits per heavy atom. The molecule has 0 saturated carbocycles. The molecule has 0 spiro atoms. The molecular weight excluding hydrogens is 292 g/mol. The number of carbonyl (C=O) groups excluding carboxylic acids is 1. The van der Waals surface area contributed by atoms with E-state index >= 15 is 0 Å². The van der Waals surface area contributed by atoms with Crippen LogP contribution in [0.25, 0.3) is 0 Å². The fourth-order valence-corrected chi connectivity index (χ4v) is 2.92. The Balaban J connectivity index is 2.12. The van der Waals surface area contributed by atoms with Gasteiger partial charge in [0.15, 0.2) is 5.78 Å². The molecule has 0 aliphatic carbocycles. The van der Waals surface area contributed by atoms with Gasteiger partial charge in [-0.15, -0.1) is 0 Å². The number of hydrogen-bond donors (Lipinski definition) is 0. The van der Waals surface area contributed by atoms with Crippen LogP contribution in [-0.2, 0) is 0 Å². The maximum atomic E-state index is 11.3. The van der Waals surface area contributed by atoms with Gasteiger partial charge in [0, 0.05) is 36.2 Å². The first-order chi connectivity index (χ1) is 8.61. The van der Waals surface area contributed by atoms with Crippen molar-refractivity contribution in [3.63, 3.8) is 0 Å². The van der Waals surface area contributed by atoms with Gasteiger partial charge in [-0.2, -0.15) is 0 Å². The molecule has 3 nitrogen and oxygen atoms in total. The van der Waals surface area contributed by atoms with Crippen LogP contribution < -0.4 is 4.90 Å². The largest absolute Gasteiger partial charge is 0.368 e. The fourth-order valence-electron chi connectivity index (χ4n) is 2.29. The van der Waals surface area contributed by atoms with E-state index in [2.05, 4.69) is 32.7 Å². The Hall–Kier alpha value is -0.870. The van der Waals surface area contributed by atoms with E-state index in [9.17, 15) is 4.79 Å². The van der Waals surface area contributed by atoms with Crippen LogP contribution in [-0.4, -0.2) is 43.4 Å². The number of anilines is 1. The second kappa shape index (κ2) is 5.85. The lowest BCUT2D eigenvalue weighted by molar-refractivity contribution is 0.101. The van der Waals surface area contributed by atoms with Crippen molar-refractivity contribution in [2.45, 2.75) is 13.8 Å². The molecule has 0 bridgehead atoms. The van der Waals surface area contributed by atoms with Crippen molar-refractivity contribution in [3.05, 3.63) is 28.2 Å². The van der Waals surface area contributed by atoms with E-state index in [0.717, 1.165) is 42.8 Å². The molecule has 18 heavy (non-hydrogen) atoms. The molecule has 1 aromatic carbocycles. The van der Waals surface area contributed by atoms with Gasteiger partial charge < -0.3 is 9.80 Å². The first kappa shape index (κ1) is 13.6. The minimum Gasteiger partial charge on any atom is -0.368 e. The molecule has 0 atom stereocenters. The van der Waals surface area contributed by atoms with Gasteiger partial charge in [-0.1, -0.05) is 6.92 Å². The number of hydrogen-bond acceptors (Lipinski definition) is 3. The van der Waals surface area contributed by atoms with E-state index in [-0.39, 0.29) is 5.78 Å². The van der Waals surface area contributed by atoms with E-state index in [1.807, 2.05) is 18.2 Å². The lowest BCUT2D eigenvalue weighted by atomic mass is 10.1. The lowest BCUT2D eigenvalue weighted by Crippen LogP contribution is -2.46. The SMILES string of the molecule is CCN1CCN(c2ccc(C(C)=O)cc2Br)CC1. The molecule has 0 N–H and O–H groups in total. The van der Waals surface area contributed by atoms with Crippen LogP contribution in [0.5, 0.6) is 0 Å². The maximum Gasteiger partial charge on any atom is 0.159 e. The van der Waals surface area contributed by atoms with Gasteiger partial charge in [-0.3, -0.25) is 4.79 Å². The van der Waals surface area contributed by atoms with Gasteiger partial charge in [0.05, 0.1) is 5.69 Å². The molecular formula is C14H19BrN2O. The van der Waals surface area contributed by atoms with Gasteiger partial charge in [-0.25, -0.2) is 0 Å². The summed E-state index contributed by atoms with van der Waals surface area (Å²) >= 11 is 3.58. The highest BCUT2D eigenvalue weighted by molar-refractivity contribution is 9.10. The minimum absolute atomic E-state index is 0.109. The normalized spacial score (nSPS) is 16.9. The number of ketones is 1. The summed E-state index contributed by atoms with van der Waals surface area (Å²) in [4.78, 5) is 16.2. The van der Waals surface area contributed by atoms with E-state index < -0.39 is 0 Å². The van der Waals surface area contributed by atoms with Crippen molar-refractivity contribution in [1.82, 2.24) is 4.90 Å². The molecule has 1 saturated heterocycles. The molecule has 1 aliphatic rings. The van der Waals surface area contributed by atoms with Gasteiger partial charge >= 0.3 is 0 Å². The Labute approximate surface area is 117 Å². The van der Waals surface area contributed by atoms with Crippen LogP contribution in [0, 0.1) is 0 Å². The Bertz CT molecular complexity index is 439. The zero-order valence-corrected chi connectivity index (χ0v) is 12.5. The molecule has 2 rings (SSSR count). The van der Waals surface area contributed by atoms with E-state index in [1.54, 1.807) is 6.92 Å². The Kier molecular flexibility index (Phi) is 4.40. The molecule has 4 heteroatoms. The standard InChI is InChI=1S/C14H19BrN2O/c1-3-16-6-8-17(9-7-16)14-5-4-12(11(2)18)10-13(14)15/h4-5,10H,3,6-9H2,1-2H3. The number of Topliss-reactive ketones (excluding diaryl/α,β-unsaturated/α-hetero) is 1. The van der Waals surface area contributed by atoms with Gasteiger partial charge in [0.2, 0.25) is 0 Å². The van der Waals surface area contributed by atoms with E-state index in [0.29, 0.717) is 0 Å². The number of piperazine rings is 1. The van der Waals surface area contributed by atoms with Crippen molar-refractivity contribution >= 4 is 27.4 Å². The van der Waals surface area contributed by atoms with E-state index in [1.165, 1.54) is 5.69 Å². The number of carbonyl (C=O) groups is 1. The summed E-state index contributed by atoms with van der Waals surface area (Å²) in [7, 11) is 0. The highest BCUT2D eigenvalue weighted by Gasteiger charge is 2.18. The molecule has 0 radical (unpaired) electrons. The average Bonchev–Trinajstić information content (AvgIpc) is 2.38. The van der Waals surface area contributed by atoms with Crippen molar-refractivity contribution in [2.75, 3.05) is 37.6 Å². The molecule has 0 aromatic heterocycles. The summed E-state index contributed by atoms with van der Waals surface area (Å²) in [5.41, 5.74) is 1.95. The van der Waals surface area contributed by atoms with E-state index in [4.69, 9.17) is 0 Å². The van der Waals surface area contributed by atoms with Crippen LogP contribution in [0.15, 0.2) is 22.7 Å². The number of likely N-dealkylation sites (N-methyl/N-ethyl adjacent to an activating group) is 1. The van der Waals surface area contributed by atoms with Gasteiger partial charge in [-0.05, 0) is 47.6 Å². The second-order valence-corrected chi connectivity index (χ2v) is 5.50. The Morgan fingerprint density at radius 3 is 2.44 bits per heavy atom. The number of nitrogens with zero attached hydrogens (tertiary/aromatic N) is 2. The first-order valence-corrected chi connectivity index (χ1v) is 7.19. The molecule has 1 heterocycles. The molecule has 1 aliphatic heterocycles. The number of halogens is 1. The summed E-state index contributed by atoms with van der Waals surface area (Å²) in [6.07, 6.45) is 0. The second-order valence-electron chi connectivity index (χ2n) is 4.64. The van der Waals surface area contributed by atoms with Crippen LogP contribution in [0.2, 0.25) is 0 Å². The van der Waals surface area contributed by atoms with Crippen LogP contribution in [0.1, 0.15) is 24.2 Å². The maximum absolute atomic E-state index is 11.3. The quantitative estimate of drug-likeness (QED) is 0.802. The monoisotopic (exact) mass is 310 g/mol. The minimum atomic E-state index is 0.109. The third kappa shape index (κ3) is 2.93. The predicted octanol–water partition coefficient (Wildman–Crippen LogP) is 2.79. The molecule has 1 aromatic rings. The summed E-state index contributed by atoms with van der Waals surface area (Å²) in [5.74, 6) is 0.109.